The third kappa shape index (κ3) is 5.42. The van der Waals surface area contributed by atoms with E-state index in [4.69, 9.17) is 0 Å². The SMILES string of the molecule is CC1C[C@H](C)C[C@]2(c3ccccc3-c3cc(N(c4ccc(-c5ccc(-c6ccccc6)cc5)cc4)c4ccc5sc6ccccc6c5c4)ccc32)[C@H](C)C1. The Bertz CT molecular complexity index is 2630. The highest BCUT2D eigenvalue weighted by Gasteiger charge is 2.49. The van der Waals surface area contributed by atoms with Crippen molar-refractivity contribution in [3.63, 3.8) is 0 Å². The zero-order valence-corrected chi connectivity index (χ0v) is 32.1. The van der Waals surface area contributed by atoms with Crippen LogP contribution in [0.15, 0.2) is 164 Å². The molecule has 1 unspecified atom stereocenters. The van der Waals surface area contributed by atoms with E-state index in [-0.39, 0.29) is 5.41 Å². The fourth-order valence-electron chi connectivity index (χ4n) is 10.3. The van der Waals surface area contributed by atoms with Crippen LogP contribution in [0.3, 0.4) is 0 Å². The van der Waals surface area contributed by atoms with Gasteiger partial charge in [-0.2, -0.15) is 0 Å². The summed E-state index contributed by atoms with van der Waals surface area (Å²) in [7, 11) is 0. The largest absolute Gasteiger partial charge is 0.310 e. The molecule has 1 fully saturated rings. The summed E-state index contributed by atoms with van der Waals surface area (Å²) in [6, 6.07) is 61.3. The van der Waals surface area contributed by atoms with Crippen LogP contribution in [0, 0.1) is 17.8 Å². The highest BCUT2D eigenvalue weighted by Crippen LogP contribution is 2.59. The van der Waals surface area contributed by atoms with Gasteiger partial charge in [0.15, 0.2) is 0 Å². The average molecular weight is 716 g/mol. The van der Waals surface area contributed by atoms with Crippen molar-refractivity contribution in [3.05, 3.63) is 175 Å². The first-order chi connectivity index (χ1) is 26.5. The van der Waals surface area contributed by atoms with E-state index in [1.165, 1.54) is 95.3 Å². The molecule has 1 spiro atoms. The fraction of sp³-hybridized carbons (Fsp3) is 0.192. The molecule has 10 rings (SSSR count). The van der Waals surface area contributed by atoms with E-state index in [9.17, 15) is 0 Å². The van der Waals surface area contributed by atoms with Gasteiger partial charge in [-0.1, -0.05) is 136 Å². The first-order valence-electron chi connectivity index (χ1n) is 19.7. The first-order valence-corrected chi connectivity index (χ1v) is 20.5. The van der Waals surface area contributed by atoms with Crippen LogP contribution >= 0.6 is 11.3 Å². The second kappa shape index (κ2) is 13.1. The molecule has 2 aliphatic carbocycles. The lowest BCUT2D eigenvalue weighted by molar-refractivity contribution is 0.300. The van der Waals surface area contributed by atoms with Crippen LogP contribution in [0.1, 0.15) is 51.2 Å². The van der Waals surface area contributed by atoms with Gasteiger partial charge in [0, 0.05) is 42.6 Å². The van der Waals surface area contributed by atoms with E-state index in [1.807, 2.05) is 11.3 Å². The summed E-state index contributed by atoms with van der Waals surface area (Å²) >= 11 is 1.88. The quantitative estimate of drug-likeness (QED) is 0.171. The van der Waals surface area contributed by atoms with E-state index in [2.05, 4.69) is 189 Å². The number of thiophene rings is 1. The summed E-state index contributed by atoms with van der Waals surface area (Å²) in [6.45, 7) is 7.48. The average Bonchev–Trinajstić information content (AvgIpc) is 3.68. The zero-order chi connectivity index (χ0) is 36.4. The van der Waals surface area contributed by atoms with Crippen LogP contribution in [0.2, 0.25) is 0 Å². The standard InChI is InChI=1S/C52H45NS/c1-34-29-35(2)33-52(36(3)30-34)48-15-9-7-13-44(48)46-31-42(25-27-49(46)52)53(43-26-28-51-47(32-43)45-14-8-10-16-50(45)54-51)41-23-21-40(22-24-41)39-19-17-38(18-20-39)37-11-5-4-6-12-37/h4-28,31-32,34-36H,29-30,33H2,1-3H3/t34?,35-,36+,52+/m0/s1. The van der Waals surface area contributed by atoms with Crippen LogP contribution in [-0.4, -0.2) is 0 Å². The lowest BCUT2D eigenvalue weighted by Crippen LogP contribution is -2.34. The number of anilines is 3. The van der Waals surface area contributed by atoms with Gasteiger partial charge in [-0.3, -0.25) is 0 Å². The molecule has 264 valence electrons. The van der Waals surface area contributed by atoms with Crippen molar-refractivity contribution in [1.29, 1.82) is 0 Å². The van der Waals surface area contributed by atoms with E-state index >= 15 is 0 Å². The van der Waals surface area contributed by atoms with E-state index in [1.54, 1.807) is 0 Å². The molecular formula is C52H45NS. The Morgan fingerprint density at radius 3 is 1.81 bits per heavy atom. The molecule has 2 heteroatoms. The smallest absolute Gasteiger partial charge is 0.0468 e. The van der Waals surface area contributed by atoms with Crippen molar-refractivity contribution in [1.82, 2.24) is 0 Å². The molecule has 0 bridgehead atoms. The number of rotatable bonds is 5. The molecule has 54 heavy (non-hydrogen) atoms. The van der Waals surface area contributed by atoms with Gasteiger partial charge in [0.05, 0.1) is 0 Å². The molecule has 0 aliphatic heterocycles. The lowest BCUT2D eigenvalue weighted by atomic mass is 9.65. The molecule has 1 heterocycles. The number of benzene rings is 7. The van der Waals surface area contributed by atoms with Gasteiger partial charge < -0.3 is 4.90 Å². The molecule has 4 atom stereocenters. The number of hydrogen-bond acceptors (Lipinski definition) is 2. The maximum absolute atomic E-state index is 2.53. The summed E-state index contributed by atoms with van der Waals surface area (Å²) in [5.41, 5.74) is 14.4. The molecule has 8 aromatic rings. The topological polar surface area (TPSA) is 3.24 Å². The summed E-state index contributed by atoms with van der Waals surface area (Å²) < 4.78 is 2.66. The Labute approximate surface area is 323 Å². The lowest BCUT2D eigenvalue weighted by Gasteiger charge is -2.38. The van der Waals surface area contributed by atoms with Crippen LogP contribution in [0.4, 0.5) is 17.1 Å². The predicted octanol–water partition coefficient (Wildman–Crippen LogP) is 15.2. The Hall–Kier alpha value is -5.44. The molecule has 1 nitrogen and oxygen atoms in total. The highest BCUT2D eigenvalue weighted by molar-refractivity contribution is 7.25. The summed E-state index contributed by atoms with van der Waals surface area (Å²) in [5, 5.41) is 2.64. The molecule has 0 N–H and O–H groups in total. The molecule has 0 saturated heterocycles. The van der Waals surface area contributed by atoms with Crippen molar-refractivity contribution in [3.8, 4) is 33.4 Å². The number of hydrogen-bond donors (Lipinski definition) is 0. The maximum Gasteiger partial charge on any atom is 0.0468 e. The van der Waals surface area contributed by atoms with E-state index < -0.39 is 0 Å². The molecular weight excluding hydrogens is 671 g/mol. The Balaban J connectivity index is 1.10. The van der Waals surface area contributed by atoms with Gasteiger partial charge in [0.25, 0.3) is 0 Å². The first kappa shape index (κ1) is 33.2. The fourth-order valence-corrected chi connectivity index (χ4v) is 11.4. The minimum Gasteiger partial charge on any atom is -0.310 e. The van der Waals surface area contributed by atoms with E-state index in [0.29, 0.717) is 11.8 Å². The van der Waals surface area contributed by atoms with E-state index in [0.717, 1.165) is 11.6 Å². The third-order valence-electron chi connectivity index (χ3n) is 12.6. The van der Waals surface area contributed by atoms with Gasteiger partial charge in [-0.05, 0) is 130 Å². The second-order valence-corrected chi connectivity index (χ2v) is 17.2. The van der Waals surface area contributed by atoms with Gasteiger partial charge >= 0.3 is 0 Å². The summed E-state index contributed by atoms with van der Waals surface area (Å²) in [4.78, 5) is 2.48. The molecule has 0 radical (unpaired) electrons. The summed E-state index contributed by atoms with van der Waals surface area (Å²) in [5.74, 6) is 2.00. The van der Waals surface area contributed by atoms with Crippen LogP contribution < -0.4 is 4.90 Å². The molecule has 1 saturated carbocycles. The predicted molar refractivity (Wildman–Crippen MR) is 232 cm³/mol. The Morgan fingerprint density at radius 1 is 0.463 bits per heavy atom. The highest BCUT2D eigenvalue weighted by atomic mass is 32.1. The zero-order valence-electron chi connectivity index (χ0n) is 31.3. The van der Waals surface area contributed by atoms with Crippen molar-refractivity contribution in [2.24, 2.45) is 17.8 Å². The molecule has 2 aliphatic rings. The number of fused-ring (bicyclic) bond motifs is 8. The van der Waals surface area contributed by atoms with Crippen molar-refractivity contribution >= 4 is 48.6 Å². The minimum atomic E-state index is 0.0473. The van der Waals surface area contributed by atoms with Gasteiger partial charge in [-0.25, -0.2) is 0 Å². The second-order valence-electron chi connectivity index (χ2n) is 16.1. The van der Waals surface area contributed by atoms with Gasteiger partial charge in [0.2, 0.25) is 0 Å². The Morgan fingerprint density at radius 2 is 1.04 bits per heavy atom. The minimum absolute atomic E-state index is 0.0473. The molecule has 7 aromatic carbocycles. The third-order valence-corrected chi connectivity index (χ3v) is 13.7. The van der Waals surface area contributed by atoms with Crippen molar-refractivity contribution < 1.29 is 0 Å². The van der Waals surface area contributed by atoms with Gasteiger partial charge in [-0.15, -0.1) is 11.3 Å². The van der Waals surface area contributed by atoms with Crippen LogP contribution in [0.25, 0.3) is 53.6 Å². The molecule has 1 aromatic heterocycles. The molecule has 0 amide bonds. The monoisotopic (exact) mass is 715 g/mol. The van der Waals surface area contributed by atoms with Crippen LogP contribution in [-0.2, 0) is 5.41 Å². The summed E-state index contributed by atoms with van der Waals surface area (Å²) in [6.07, 6.45) is 3.78. The number of nitrogens with zero attached hydrogens (tertiary/aromatic N) is 1. The Kier molecular flexibility index (Phi) is 8.07. The normalized spacial score (nSPS) is 20.5. The van der Waals surface area contributed by atoms with Gasteiger partial charge in [0.1, 0.15) is 0 Å². The van der Waals surface area contributed by atoms with Crippen LogP contribution in [0.5, 0.6) is 0 Å². The van der Waals surface area contributed by atoms with Crippen molar-refractivity contribution in [2.75, 3.05) is 4.90 Å². The van der Waals surface area contributed by atoms with Crippen molar-refractivity contribution in [2.45, 2.75) is 45.4 Å². The maximum atomic E-state index is 2.53.